The number of nitrogens with zero attached hydrogens (tertiary/aromatic N) is 1. The predicted molar refractivity (Wildman–Crippen MR) is 88.6 cm³/mol. The number of aromatic nitrogens is 1. The van der Waals surface area contributed by atoms with Gasteiger partial charge in [-0.2, -0.15) is 0 Å². The van der Waals surface area contributed by atoms with Gasteiger partial charge in [-0.3, -0.25) is 0 Å². The van der Waals surface area contributed by atoms with Gasteiger partial charge in [-0.1, -0.05) is 36.3 Å². The van der Waals surface area contributed by atoms with E-state index >= 15 is 0 Å². The minimum absolute atomic E-state index is 0.920. The van der Waals surface area contributed by atoms with Crippen molar-refractivity contribution >= 4 is 17.0 Å². The van der Waals surface area contributed by atoms with E-state index in [1.807, 2.05) is 12.1 Å². The van der Waals surface area contributed by atoms with E-state index in [0.29, 0.717) is 0 Å². The van der Waals surface area contributed by atoms with Gasteiger partial charge < -0.3 is 4.57 Å². The Bertz CT molecular complexity index is 886. The third-order valence-electron chi connectivity index (χ3n) is 4.14. The first-order valence-corrected chi connectivity index (χ1v) is 7.24. The molecule has 100 valence electrons. The summed E-state index contributed by atoms with van der Waals surface area (Å²) >= 11 is 0. The molecule has 0 aliphatic heterocycles. The van der Waals surface area contributed by atoms with Crippen molar-refractivity contribution < 1.29 is 0 Å². The summed E-state index contributed by atoms with van der Waals surface area (Å²) in [7, 11) is 0. The highest BCUT2D eigenvalue weighted by Gasteiger charge is 2.17. The highest BCUT2D eigenvalue weighted by atomic mass is 15.0. The van der Waals surface area contributed by atoms with Crippen molar-refractivity contribution in [1.29, 1.82) is 0 Å². The van der Waals surface area contributed by atoms with E-state index in [1.165, 1.54) is 27.8 Å². The predicted octanol–water partition coefficient (Wildman–Crippen LogP) is 4.57. The fraction of sp³-hybridized carbons (Fsp3) is 0.100. The fourth-order valence-corrected chi connectivity index (χ4v) is 3.17. The minimum Gasteiger partial charge on any atom is -0.313 e. The van der Waals surface area contributed by atoms with Crippen molar-refractivity contribution in [2.45, 2.75) is 12.8 Å². The quantitative estimate of drug-likeness (QED) is 0.570. The molecule has 1 aliphatic carbocycles. The second kappa shape index (κ2) is 4.68. The zero-order valence-electron chi connectivity index (χ0n) is 11.7. The molecule has 0 bridgehead atoms. The molecule has 4 rings (SSSR count). The van der Waals surface area contributed by atoms with E-state index in [9.17, 15) is 0 Å². The van der Waals surface area contributed by atoms with Gasteiger partial charge in [-0.05, 0) is 43.2 Å². The summed E-state index contributed by atoms with van der Waals surface area (Å²) in [6.45, 7) is 0. The molecule has 21 heavy (non-hydrogen) atoms. The molecular formula is C20H15N. The standard InChI is InChI=1S/C20H15N/c1-2-15-11-13-16(14-12-15)21-19-9-5-3-7-17(19)18-8-4-6-10-20(18)21/h1,3-5,7-9,11-14H,6,10H2. The van der Waals surface area contributed by atoms with E-state index in [2.05, 4.69) is 59.0 Å². The molecule has 1 aliphatic rings. The second-order valence-electron chi connectivity index (χ2n) is 5.35. The largest absolute Gasteiger partial charge is 0.313 e. The number of hydrogen-bond acceptors (Lipinski definition) is 0. The van der Waals surface area contributed by atoms with Crippen LogP contribution in [0, 0.1) is 12.3 Å². The molecule has 3 aromatic rings. The van der Waals surface area contributed by atoms with Crippen molar-refractivity contribution in [2.75, 3.05) is 0 Å². The Hall–Kier alpha value is -2.72. The van der Waals surface area contributed by atoms with E-state index in [0.717, 1.165) is 18.4 Å². The van der Waals surface area contributed by atoms with Crippen LogP contribution in [0.15, 0.2) is 54.6 Å². The molecule has 0 atom stereocenters. The number of benzene rings is 2. The number of para-hydroxylation sites is 1. The van der Waals surface area contributed by atoms with Crippen LogP contribution in [0.3, 0.4) is 0 Å². The Kier molecular flexibility index (Phi) is 2.69. The summed E-state index contributed by atoms with van der Waals surface area (Å²) in [6.07, 6.45) is 12.2. The molecule has 0 spiro atoms. The van der Waals surface area contributed by atoms with Crippen LogP contribution in [0.4, 0.5) is 0 Å². The van der Waals surface area contributed by atoms with Crippen LogP contribution in [0.1, 0.15) is 23.2 Å². The van der Waals surface area contributed by atoms with Crippen LogP contribution in [0.2, 0.25) is 0 Å². The van der Waals surface area contributed by atoms with Crippen LogP contribution in [0.25, 0.3) is 22.7 Å². The molecule has 0 N–H and O–H groups in total. The van der Waals surface area contributed by atoms with E-state index in [1.54, 1.807) is 0 Å². The lowest BCUT2D eigenvalue weighted by Crippen LogP contribution is -2.02. The van der Waals surface area contributed by atoms with Crippen LogP contribution >= 0.6 is 0 Å². The fourth-order valence-electron chi connectivity index (χ4n) is 3.17. The van der Waals surface area contributed by atoms with Crippen LogP contribution < -0.4 is 0 Å². The number of allylic oxidation sites excluding steroid dienone is 1. The topological polar surface area (TPSA) is 4.93 Å². The number of terminal acetylenes is 1. The Balaban J connectivity index is 2.03. The highest BCUT2D eigenvalue weighted by molar-refractivity contribution is 5.93. The van der Waals surface area contributed by atoms with Gasteiger partial charge in [0.1, 0.15) is 0 Å². The normalized spacial score (nSPS) is 13.1. The van der Waals surface area contributed by atoms with Gasteiger partial charge in [0.05, 0.1) is 5.52 Å². The molecule has 1 nitrogen and oxygen atoms in total. The summed E-state index contributed by atoms with van der Waals surface area (Å²) in [5, 5.41) is 1.32. The van der Waals surface area contributed by atoms with Gasteiger partial charge in [-0.15, -0.1) is 6.42 Å². The molecule has 0 unspecified atom stereocenters. The Morgan fingerprint density at radius 3 is 2.62 bits per heavy atom. The first kappa shape index (κ1) is 12.1. The average Bonchev–Trinajstić information content (AvgIpc) is 2.90. The van der Waals surface area contributed by atoms with E-state index < -0.39 is 0 Å². The summed E-state index contributed by atoms with van der Waals surface area (Å²) in [5.74, 6) is 2.68. The molecule has 1 heterocycles. The van der Waals surface area contributed by atoms with Crippen molar-refractivity contribution in [1.82, 2.24) is 4.57 Å². The van der Waals surface area contributed by atoms with E-state index in [-0.39, 0.29) is 0 Å². The number of hydrogen-bond donors (Lipinski definition) is 0. The number of rotatable bonds is 1. The van der Waals surface area contributed by atoms with Gasteiger partial charge in [0.2, 0.25) is 0 Å². The average molecular weight is 269 g/mol. The summed E-state index contributed by atoms with van der Waals surface area (Å²) in [4.78, 5) is 0. The smallest absolute Gasteiger partial charge is 0.0537 e. The lowest BCUT2D eigenvalue weighted by Gasteiger charge is -2.13. The third kappa shape index (κ3) is 1.80. The molecule has 2 aromatic carbocycles. The molecule has 1 heteroatoms. The van der Waals surface area contributed by atoms with Gasteiger partial charge in [0, 0.05) is 27.9 Å². The SMILES string of the molecule is C#Cc1ccc(-n2c3c(c4ccccc42)C=CCC3)cc1. The first-order valence-electron chi connectivity index (χ1n) is 7.24. The molecule has 0 radical (unpaired) electrons. The maximum atomic E-state index is 5.45. The van der Waals surface area contributed by atoms with Gasteiger partial charge in [0.15, 0.2) is 0 Å². The van der Waals surface area contributed by atoms with Gasteiger partial charge in [-0.25, -0.2) is 0 Å². The Labute approximate surface area is 124 Å². The lowest BCUT2D eigenvalue weighted by molar-refractivity contribution is 0.888. The van der Waals surface area contributed by atoms with Crippen molar-refractivity contribution in [2.24, 2.45) is 0 Å². The van der Waals surface area contributed by atoms with Crippen molar-refractivity contribution in [3.63, 3.8) is 0 Å². The molecule has 0 amide bonds. The van der Waals surface area contributed by atoms with Crippen LogP contribution in [-0.2, 0) is 6.42 Å². The summed E-state index contributed by atoms with van der Waals surface area (Å²) < 4.78 is 2.37. The van der Waals surface area contributed by atoms with Crippen LogP contribution in [0.5, 0.6) is 0 Å². The molecule has 0 saturated carbocycles. The maximum Gasteiger partial charge on any atom is 0.0537 e. The number of fused-ring (bicyclic) bond motifs is 3. The Morgan fingerprint density at radius 2 is 1.81 bits per heavy atom. The molecule has 0 fully saturated rings. The maximum absolute atomic E-state index is 5.45. The van der Waals surface area contributed by atoms with Gasteiger partial charge in [0.25, 0.3) is 0 Å². The van der Waals surface area contributed by atoms with Crippen molar-refractivity contribution in [3.8, 4) is 18.0 Å². The third-order valence-corrected chi connectivity index (χ3v) is 4.14. The molecular weight excluding hydrogens is 254 g/mol. The first-order chi connectivity index (χ1) is 10.4. The zero-order chi connectivity index (χ0) is 14.2. The van der Waals surface area contributed by atoms with Crippen molar-refractivity contribution in [3.05, 3.63) is 71.4 Å². The Morgan fingerprint density at radius 1 is 1.00 bits per heavy atom. The zero-order valence-corrected chi connectivity index (χ0v) is 11.7. The van der Waals surface area contributed by atoms with Crippen LogP contribution in [-0.4, -0.2) is 4.57 Å². The summed E-state index contributed by atoms with van der Waals surface area (Å²) in [5.41, 5.74) is 6.12. The lowest BCUT2D eigenvalue weighted by atomic mass is 10.0. The molecule has 1 aromatic heterocycles. The molecule has 0 saturated heterocycles. The van der Waals surface area contributed by atoms with Gasteiger partial charge >= 0.3 is 0 Å². The minimum atomic E-state index is 0.920. The highest BCUT2D eigenvalue weighted by Crippen LogP contribution is 2.33. The monoisotopic (exact) mass is 269 g/mol. The second-order valence-corrected chi connectivity index (χ2v) is 5.35. The van der Waals surface area contributed by atoms with E-state index in [4.69, 9.17) is 6.42 Å². The summed E-state index contributed by atoms with van der Waals surface area (Å²) in [6, 6.07) is 16.8.